The molecule has 1 fully saturated rings. The third-order valence-electron chi connectivity index (χ3n) is 3.82. The first-order valence-electron chi connectivity index (χ1n) is 6.83. The number of aromatic nitrogens is 2. The highest BCUT2D eigenvalue weighted by Crippen LogP contribution is 2.36. The number of nitrogens with zero attached hydrogens (tertiary/aromatic N) is 3. The zero-order valence-corrected chi connectivity index (χ0v) is 12.7. The molecule has 0 unspecified atom stereocenters. The van der Waals surface area contributed by atoms with Crippen LogP contribution in [0.15, 0.2) is 41.6 Å². The molecule has 8 heteroatoms. The molecule has 0 aliphatic carbocycles. The van der Waals surface area contributed by atoms with Gasteiger partial charge in [-0.3, -0.25) is 4.68 Å². The number of sulfonamides is 1. The van der Waals surface area contributed by atoms with E-state index >= 15 is 0 Å². The summed E-state index contributed by atoms with van der Waals surface area (Å²) in [5.74, 6) is -0.434. The van der Waals surface area contributed by atoms with Gasteiger partial charge >= 0.3 is 0 Å². The molecule has 0 bridgehead atoms. The highest BCUT2D eigenvalue weighted by atomic mass is 32.2. The molecule has 1 N–H and O–H groups in total. The predicted molar refractivity (Wildman–Crippen MR) is 76.9 cm³/mol. The lowest BCUT2D eigenvalue weighted by atomic mass is 10.0. The zero-order valence-electron chi connectivity index (χ0n) is 11.9. The van der Waals surface area contributed by atoms with E-state index in [1.54, 1.807) is 6.07 Å². The highest BCUT2D eigenvalue weighted by Gasteiger charge is 2.41. The van der Waals surface area contributed by atoms with E-state index in [0.717, 1.165) is 0 Å². The normalized spacial score (nSPS) is 23.0. The second-order valence-corrected chi connectivity index (χ2v) is 7.17. The van der Waals surface area contributed by atoms with Crippen LogP contribution >= 0.6 is 0 Å². The van der Waals surface area contributed by atoms with Crippen LogP contribution in [0.25, 0.3) is 0 Å². The summed E-state index contributed by atoms with van der Waals surface area (Å²) in [6.07, 6.45) is 0.855. The van der Waals surface area contributed by atoms with Gasteiger partial charge in [0.25, 0.3) is 10.0 Å². The van der Waals surface area contributed by atoms with Crippen LogP contribution in [0.1, 0.15) is 18.0 Å². The maximum atomic E-state index is 13.4. The summed E-state index contributed by atoms with van der Waals surface area (Å²) in [7, 11) is -2.28. The molecule has 2 aromatic rings. The van der Waals surface area contributed by atoms with Gasteiger partial charge in [-0.15, -0.1) is 0 Å². The summed E-state index contributed by atoms with van der Waals surface area (Å²) in [5.41, 5.74) is 0.530. The van der Waals surface area contributed by atoms with Crippen LogP contribution in [-0.2, 0) is 17.1 Å². The van der Waals surface area contributed by atoms with Gasteiger partial charge in [0.15, 0.2) is 5.03 Å². The van der Waals surface area contributed by atoms with Crippen molar-refractivity contribution in [3.8, 4) is 0 Å². The summed E-state index contributed by atoms with van der Waals surface area (Å²) < 4.78 is 41.5. The summed E-state index contributed by atoms with van der Waals surface area (Å²) in [4.78, 5) is 0. The largest absolute Gasteiger partial charge is 0.392 e. The first-order valence-corrected chi connectivity index (χ1v) is 8.27. The predicted octanol–water partition coefficient (Wildman–Crippen LogP) is 1.06. The number of β-amino-alcohol motifs (C(OH)–C–C–N with tert-alkyl or cyclic N) is 1. The summed E-state index contributed by atoms with van der Waals surface area (Å²) in [6, 6.07) is 6.61. The van der Waals surface area contributed by atoms with Crippen molar-refractivity contribution in [2.45, 2.75) is 23.6 Å². The highest BCUT2D eigenvalue weighted by molar-refractivity contribution is 7.89. The molecule has 22 heavy (non-hydrogen) atoms. The molecule has 0 saturated carbocycles. The van der Waals surface area contributed by atoms with Crippen molar-refractivity contribution in [3.05, 3.63) is 47.9 Å². The van der Waals surface area contributed by atoms with Crippen molar-refractivity contribution in [1.29, 1.82) is 0 Å². The fourth-order valence-electron chi connectivity index (χ4n) is 2.80. The van der Waals surface area contributed by atoms with Crippen molar-refractivity contribution in [3.63, 3.8) is 0 Å². The summed E-state index contributed by atoms with van der Waals surface area (Å²) in [6.45, 7) is -0.0192. The van der Waals surface area contributed by atoms with E-state index in [2.05, 4.69) is 5.10 Å². The molecular weight excluding hydrogens is 309 g/mol. The van der Waals surface area contributed by atoms with E-state index in [0.29, 0.717) is 5.56 Å². The molecule has 1 aliphatic heterocycles. The fraction of sp³-hybridized carbons (Fsp3) is 0.357. The van der Waals surface area contributed by atoms with Gasteiger partial charge in [0, 0.05) is 13.6 Å². The Bertz CT molecular complexity index is 790. The van der Waals surface area contributed by atoms with Crippen LogP contribution in [-0.4, -0.2) is 40.3 Å². The van der Waals surface area contributed by atoms with Gasteiger partial charge in [0.1, 0.15) is 5.82 Å². The van der Waals surface area contributed by atoms with Gasteiger partial charge in [-0.1, -0.05) is 12.1 Å². The molecule has 0 spiro atoms. The Kier molecular flexibility index (Phi) is 3.75. The number of benzene rings is 1. The van der Waals surface area contributed by atoms with Gasteiger partial charge < -0.3 is 5.11 Å². The lowest BCUT2D eigenvalue weighted by Gasteiger charge is -2.24. The van der Waals surface area contributed by atoms with Crippen LogP contribution in [0.3, 0.4) is 0 Å². The molecule has 118 valence electrons. The molecule has 1 saturated heterocycles. The number of hydrogen-bond donors (Lipinski definition) is 1. The van der Waals surface area contributed by atoms with E-state index in [4.69, 9.17) is 0 Å². The van der Waals surface area contributed by atoms with Gasteiger partial charge in [0.2, 0.25) is 0 Å². The minimum absolute atomic E-state index is 0.0192. The Balaban J connectivity index is 2.03. The number of aliphatic hydroxyl groups is 1. The first kappa shape index (κ1) is 15.1. The van der Waals surface area contributed by atoms with E-state index in [-0.39, 0.29) is 18.0 Å². The lowest BCUT2D eigenvalue weighted by molar-refractivity contribution is 0.188. The quantitative estimate of drug-likeness (QED) is 0.915. The Labute approximate surface area is 127 Å². The second-order valence-electron chi connectivity index (χ2n) is 5.33. The third kappa shape index (κ3) is 2.53. The van der Waals surface area contributed by atoms with Crippen LogP contribution in [0.5, 0.6) is 0 Å². The van der Waals surface area contributed by atoms with Crippen LogP contribution < -0.4 is 0 Å². The number of aliphatic hydroxyl groups excluding tert-OH is 1. The molecule has 0 amide bonds. The molecule has 1 aromatic heterocycles. The maximum Gasteiger partial charge on any atom is 0.260 e. The number of halogens is 1. The van der Waals surface area contributed by atoms with Crippen molar-refractivity contribution in [2.75, 3.05) is 6.54 Å². The van der Waals surface area contributed by atoms with Gasteiger partial charge in [-0.05, 0) is 30.2 Å². The van der Waals surface area contributed by atoms with Gasteiger partial charge in [-0.25, -0.2) is 12.8 Å². The minimum atomic E-state index is -3.82. The lowest BCUT2D eigenvalue weighted by Crippen LogP contribution is -2.33. The Morgan fingerprint density at radius 3 is 2.77 bits per heavy atom. The Morgan fingerprint density at radius 1 is 1.36 bits per heavy atom. The monoisotopic (exact) mass is 325 g/mol. The third-order valence-corrected chi connectivity index (χ3v) is 5.77. The maximum absolute atomic E-state index is 13.4. The van der Waals surface area contributed by atoms with E-state index in [1.807, 2.05) is 0 Å². The van der Waals surface area contributed by atoms with Crippen molar-refractivity contribution < 1.29 is 17.9 Å². The van der Waals surface area contributed by atoms with E-state index in [9.17, 15) is 17.9 Å². The average molecular weight is 325 g/mol. The molecule has 0 radical (unpaired) electrons. The van der Waals surface area contributed by atoms with Gasteiger partial charge in [-0.2, -0.15) is 9.40 Å². The van der Waals surface area contributed by atoms with E-state index in [1.165, 1.54) is 46.5 Å². The van der Waals surface area contributed by atoms with Gasteiger partial charge in [0.05, 0.1) is 18.3 Å². The molecular formula is C14H16FN3O3S. The molecule has 2 atom stereocenters. The Morgan fingerprint density at radius 2 is 2.14 bits per heavy atom. The summed E-state index contributed by atoms with van der Waals surface area (Å²) in [5, 5.41) is 13.8. The molecule has 1 aliphatic rings. The minimum Gasteiger partial charge on any atom is -0.392 e. The SMILES string of the molecule is Cn1nccc1S(=O)(=O)N1C[C@@H](O)C[C@H]1c1cccc(F)c1. The molecule has 1 aromatic carbocycles. The fourth-order valence-corrected chi connectivity index (χ4v) is 4.57. The molecule has 2 heterocycles. The van der Waals surface area contributed by atoms with E-state index < -0.39 is 28.0 Å². The molecule has 6 nitrogen and oxygen atoms in total. The van der Waals surface area contributed by atoms with Crippen molar-refractivity contribution in [2.24, 2.45) is 7.05 Å². The standard InChI is InChI=1S/C14H16FN3O3S/c1-17-14(5-6-16-17)22(20,21)18-9-12(19)8-13(18)10-3-2-4-11(15)7-10/h2-7,12-13,19H,8-9H2,1H3/t12-,13-/m0/s1. The number of aryl methyl sites for hydroxylation is 1. The van der Waals surface area contributed by atoms with Crippen LogP contribution in [0.2, 0.25) is 0 Å². The van der Waals surface area contributed by atoms with Crippen LogP contribution in [0, 0.1) is 5.82 Å². The number of hydrogen-bond acceptors (Lipinski definition) is 4. The zero-order chi connectivity index (χ0) is 15.9. The van der Waals surface area contributed by atoms with Crippen molar-refractivity contribution >= 4 is 10.0 Å². The molecule has 3 rings (SSSR count). The van der Waals surface area contributed by atoms with Crippen molar-refractivity contribution in [1.82, 2.24) is 14.1 Å². The smallest absolute Gasteiger partial charge is 0.260 e. The average Bonchev–Trinajstić information content (AvgIpc) is 3.05. The summed E-state index contributed by atoms with van der Waals surface area (Å²) >= 11 is 0. The number of rotatable bonds is 3. The first-order chi connectivity index (χ1) is 10.4. The second kappa shape index (κ2) is 5.45. The van der Waals surface area contributed by atoms with Crippen LogP contribution in [0.4, 0.5) is 4.39 Å². The topological polar surface area (TPSA) is 75.4 Å². The Hall–Kier alpha value is -1.77.